The lowest BCUT2D eigenvalue weighted by Crippen LogP contribution is -2.23. The fraction of sp³-hybridized carbons (Fsp3) is 0.278. The van der Waals surface area contributed by atoms with E-state index in [-0.39, 0.29) is 11.4 Å². The molecule has 2 rings (SSSR count). The first-order chi connectivity index (χ1) is 11.6. The monoisotopic (exact) mass is 330 g/mol. The van der Waals surface area contributed by atoms with Gasteiger partial charge in [-0.25, -0.2) is 0 Å². The van der Waals surface area contributed by atoms with Gasteiger partial charge in [-0.2, -0.15) is 0 Å². The third kappa shape index (κ3) is 4.97. The molecule has 128 valence electrons. The molecule has 4 N–H and O–H groups in total. The van der Waals surface area contributed by atoms with Gasteiger partial charge in [-0.15, -0.1) is 0 Å². The Morgan fingerprint density at radius 2 is 1.96 bits per heavy atom. The molecule has 0 saturated heterocycles. The number of benzene rings is 2. The van der Waals surface area contributed by atoms with Gasteiger partial charge in [0.2, 0.25) is 6.41 Å². The third-order valence-corrected chi connectivity index (χ3v) is 3.71. The molecule has 0 aromatic heterocycles. The van der Waals surface area contributed by atoms with Crippen LogP contribution in [0.5, 0.6) is 11.5 Å². The van der Waals surface area contributed by atoms with E-state index < -0.39 is 6.10 Å². The molecule has 0 bridgehead atoms. The summed E-state index contributed by atoms with van der Waals surface area (Å²) in [6, 6.07) is 12.5. The molecule has 2 aromatic carbocycles. The van der Waals surface area contributed by atoms with E-state index in [4.69, 9.17) is 4.74 Å². The van der Waals surface area contributed by atoms with Crippen molar-refractivity contribution in [2.24, 2.45) is 0 Å². The van der Waals surface area contributed by atoms with Crippen LogP contribution in [0.2, 0.25) is 0 Å². The first kappa shape index (κ1) is 17.8. The number of aliphatic hydroxyl groups is 1. The van der Waals surface area contributed by atoms with Crippen LogP contribution in [-0.2, 0) is 11.2 Å². The van der Waals surface area contributed by atoms with Gasteiger partial charge >= 0.3 is 0 Å². The van der Waals surface area contributed by atoms with Gasteiger partial charge in [0.05, 0.1) is 18.9 Å². The lowest BCUT2D eigenvalue weighted by atomic mass is 10.1. The molecule has 0 fully saturated rings. The number of hydrogen-bond acceptors (Lipinski definition) is 5. The maximum atomic E-state index is 10.5. The minimum absolute atomic E-state index is 0.0366. The minimum atomic E-state index is -0.728. The quantitative estimate of drug-likeness (QED) is 0.320. The zero-order valence-corrected chi connectivity index (χ0v) is 13.5. The Bertz CT molecular complexity index is 659. The van der Waals surface area contributed by atoms with Crippen LogP contribution in [0.1, 0.15) is 17.2 Å². The molecule has 1 amide bonds. The number of carbonyl (C=O) groups excluding carboxylic acids is 1. The summed E-state index contributed by atoms with van der Waals surface area (Å²) in [5, 5.41) is 25.4. The second-order valence-corrected chi connectivity index (χ2v) is 5.36. The molecular formula is C18H22N2O4. The molecule has 0 aliphatic carbocycles. The Morgan fingerprint density at radius 1 is 1.21 bits per heavy atom. The summed E-state index contributed by atoms with van der Waals surface area (Å²) >= 11 is 0. The maximum absolute atomic E-state index is 10.5. The van der Waals surface area contributed by atoms with Crippen molar-refractivity contribution in [1.29, 1.82) is 0 Å². The standard InChI is InChI=1S/C18H22N2O4/c1-24-15-5-2-13(3-6-15)8-9-19-11-18(23)14-4-7-17(22)16(10-14)20-12-21/h2-7,10,12,18-19,22-23H,8-9,11H2,1H3,(H,20,21)/t18-/m0/s1. The average Bonchev–Trinajstić information content (AvgIpc) is 2.61. The SMILES string of the molecule is COc1ccc(CCNC[C@H](O)c2ccc(O)c(NC=O)c2)cc1. The number of phenols is 1. The van der Waals surface area contributed by atoms with Crippen LogP contribution in [0, 0.1) is 0 Å². The minimum Gasteiger partial charge on any atom is -0.506 e. The summed E-state index contributed by atoms with van der Waals surface area (Å²) in [6.45, 7) is 1.10. The second-order valence-electron chi connectivity index (χ2n) is 5.36. The van der Waals surface area contributed by atoms with Crippen molar-refractivity contribution in [3.63, 3.8) is 0 Å². The summed E-state index contributed by atoms with van der Waals surface area (Å²) in [7, 11) is 1.64. The van der Waals surface area contributed by atoms with E-state index in [2.05, 4.69) is 10.6 Å². The number of anilines is 1. The Kier molecular flexibility index (Phi) is 6.60. The van der Waals surface area contributed by atoms with Crippen molar-refractivity contribution in [2.45, 2.75) is 12.5 Å². The maximum Gasteiger partial charge on any atom is 0.211 e. The Morgan fingerprint density at radius 3 is 2.62 bits per heavy atom. The number of phenolic OH excluding ortho intramolecular Hbond substituents is 1. The lowest BCUT2D eigenvalue weighted by Gasteiger charge is -2.14. The predicted molar refractivity (Wildman–Crippen MR) is 92.3 cm³/mol. The van der Waals surface area contributed by atoms with Gasteiger partial charge in [-0.3, -0.25) is 4.79 Å². The number of carbonyl (C=O) groups is 1. The fourth-order valence-electron chi connectivity index (χ4n) is 2.32. The van der Waals surface area contributed by atoms with Crippen molar-refractivity contribution in [1.82, 2.24) is 5.32 Å². The van der Waals surface area contributed by atoms with Crippen LogP contribution in [0.3, 0.4) is 0 Å². The number of nitrogens with one attached hydrogen (secondary N) is 2. The predicted octanol–water partition coefficient (Wildman–Crippen LogP) is 1.83. The molecule has 0 unspecified atom stereocenters. The Balaban J connectivity index is 1.81. The Hall–Kier alpha value is -2.57. The molecule has 2 aromatic rings. The number of aromatic hydroxyl groups is 1. The summed E-state index contributed by atoms with van der Waals surface area (Å²) in [6.07, 6.45) is 0.594. The van der Waals surface area contributed by atoms with Gasteiger partial charge in [0.15, 0.2) is 0 Å². The first-order valence-corrected chi connectivity index (χ1v) is 7.69. The van der Waals surface area contributed by atoms with Crippen LogP contribution in [0.15, 0.2) is 42.5 Å². The highest BCUT2D eigenvalue weighted by Crippen LogP contribution is 2.26. The van der Waals surface area contributed by atoms with Crippen LogP contribution >= 0.6 is 0 Å². The molecule has 0 aliphatic rings. The molecule has 24 heavy (non-hydrogen) atoms. The van der Waals surface area contributed by atoms with Gasteiger partial charge in [-0.05, 0) is 48.4 Å². The zero-order valence-electron chi connectivity index (χ0n) is 13.5. The molecule has 0 saturated carbocycles. The van der Waals surface area contributed by atoms with E-state index >= 15 is 0 Å². The summed E-state index contributed by atoms with van der Waals surface area (Å²) in [4.78, 5) is 10.5. The highest BCUT2D eigenvalue weighted by molar-refractivity contribution is 5.75. The molecular weight excluding hydrogens is 308 g/mol. The first-order valence-electron chi connectivity index (χ1n) is 7.69. The van der Waals surface area contributed by atoms with Crippen LogP contribution in [0.25, 0.3) is 0 Å². The largest absolute Gasteiger partial charge is 0.506 e. The van der Waals surface area contributed by atoms with Gasteiger partial charge in [0, 0.05) is 6.54 Å². The van der Waals surface area contributed by atoms with E-state index in [0.717, 1.165) is 18.7 Å². The fourth-order valence-corrected chi connectivity index (χ4v) is 2.32. The van der Waals surface area contributed by atoms with Crippen LogP contribution in [0.4, 0.5) is 5.69 Å². The highest BCUT2D eigenvalue weighted by Gasteiger charge is 2.10. The van der Waals surface area contributed by atoms with Gasteiger partial charge < -0.3 is 25.6 Å². The van der Waals surface area contributed by atoms with Crippen molar-refractivity contribution in [3.8, 4) is 11.5 Å². The number of hydrogen-bond donors (Lipinski definition) is 4. The average molecular weight is 330 g/mol. The van der Waals surface area contributed by atoms with E-state index in [1.165, 1.54) is 11.6 Å². The van der Waals surface area contributed by atoms with E-state index in [1.807, 2.05) is 24.3 Å². The van der Waals surface area contributed by atoms with Crippen LogP contribution in [-0.4, -0.2) is 36.8 Å². The summed E-state index contributed by atoms with van der Waals surface area (Å²) < 4.78 is 5.12. The number of rotatable bonds is 9. The molecule has 0 radical (unpaired) electrons. The zero-order chi connectivity index (χ0) is 17.4. The number of aliphatic hydroxyl groups excluding tert-OH is 1. The van der Waals surface area contributed by atoms with Crippen molar-refractivity contribution in [2.75, 3.05) is 25.5 Å². The molecule has 0 heterocycles. The van der Waals surface area contributed by atoms with Crippen LogP contribution < -0.4 is 15.4 Å². The van der Waals surface area contributed by atoms with E-state index in [9.17, 15) is 15.0 Å². The smallest absolute Gasteiger partial charge is 0.211 e. The summed E-state index contributed by atoms with van der Waals surface area (Å²) in [5.74, 6) is 0.791. The topological polar surface area (TPSA) is 90.8 Å². The second kappa shape index (κ2) is 8.90. The third-order valence-electron chi connectivity index (χ3n) is 3.71. The molecule has 6 heteroatoms. The van der Waals surface area contributed by atoms with Crippen molar-refractivity contribution >= 4 is 12.1 Å². The normalized spacial score (nSPS) is 11.8. The lowest BCUT2D eigenvalue weighted by molar-refractivity contribution is -0.105. The van der Waals surface area contributed by atoms with Crippen molar-refractivity contribution < 1.29 is 19.7 Å². The Labute approximate surface area is 141 Å². The number of amides is 1. The molecule has 1 atom stereocenters. The van der Waals surface area contributed by atoms with E-state index in [1.54, 1.807) is 19.2 Å². The van der Waals surface area contributed by atoms with Gasteiger partial charge in [0.1, 0.15) is 11.5 Å². The summed E-state index contributed by atoms with van der Waals surface area (Å²) in [5.41, 5.74) is 2.08. The molecule has 0 spiro atoms. The molecule has 6 nitrogen and oxygen atoms in total. The molecule has 0 aliphatic heterocycles. The van der Waals surface area contributed by atoms with Crippen molar-refractivity contribution in [3.05, 3.63) is 53.6 Å². The highest BCUT2D eigenvalue weighted by atomic mass is 16.5. The van der Waals surface area contributed by atoms with Gasteiger partial charge in [-0.1, -0.05) is 18.2 Å². The number of ether oxygens (including phenoxy) is 1. The number of methoxy groups -OCH3 is 1. The van der Waals surface area contributed by atoms with E-state index in [0.29, 0.717) is 18.5 Å². The van der Waals surface area contributed by atoms with Gasteiger partial charge in [0.25, 0.3) is 0 Å².